The highest BCUT2D eigenvalue weighted by Crippen LogP contribution is 2.25. The minimum atomic E-state index is -0.706. The zero-order valence-electron chi connectivity index (χ0n) is 9.42. The minimum absolute atomic E-state index is 0.605. The van der Waals surface area contributed by atoms with Gasteiger partial charge in [0, 0.05) is 12.6 Å². The van der Waals surface area contributed by atoms with E-state index in [4.69, 9.17) is 5.11 Å². The molecule has 3 heteroatoms. The summed E-state index contributed by atoms with van der Waals surface area (Å²) < 4.78 is 0. The molecule has 1 saturated carbocycles. The average molecular weight is 199 g/mol. The molecule has 0 saturated heterocycles. The first kappa shape index (κ1) is 11.5. The molecule has 0 aromatic heterocycles. The highest BCUT2D eigenvalue weighted by Gasteiger charge is 2.31. The summed E-state index contributed by atoms with van der Waals surface area (Å²) in [5.41, 5.74) is -0.628. The predicted molar refractivity (Wildman–Crippen MR) is 56.3 cm³/mol. The fourth-order valence-corrected chi connectivity index (χ4v) is 2.17. The van der Waals surface area contributed by atoms with Crippen LogP contribution < -0.4 is 0 Å². The Morgan fingerprint density at radius 1 is 1.43 bits per heavy atom. The second-order valence-electron chi connectivity index (χ2n) is 5.04. The smallest absolute Gasteiger partial charge is 0.310 e. The Kier molecular flexibility index (Phi) is 3.53. The highest BCUT2D eigenvalue weighted by atomic mass is 16.4. The number of nitrogens with zero attached hydrogens (tertiary/aromatic N) is 1. The second-order valence-corrected chi connectivity index (χ2v) is 5.04. The molecule has 0 heterocycles. The summed E-state index contributed by atoms with van der Waals surface area (Å²) >= 11 is 0. The molecule has 0 aromatic rings. The lowest BCUT2D eigenvalue weighted by atomic mass is 9.92. The molecule has 0 aliphatic heterocycles. The zero-order valence-corrected chi connectivity index (χ0v) is 9.42. The average Bonchev–Trinajstić information content (AvgIpc) is 2.54. The summed E-state index contributed by atoms with van der Waals surface area (Å²) in [6.45, 7) is 4.23. The van der Waals surface area contributed by atoms with Gasteiger partial charge in [0.25, 0.3) is 0 Å². The first-order valence-corrected chi connectivity index (χ1v) is 5.37. The van der Waals surface area contributed by atoms with Crippen LogP contribution in [-0.2, 0) is 4.79 Å². The lowest BCUT2D eigenvalue weighted by molar-refractivity contribution is -0.148. The normalized spacial score (nSPS) is 19.1. The number of hydrogen-bond acceptors (Lipinski definition) is 2. The van der Waals surface area contributed by atoms with Crippen LogP contribution in [-0.4, -0.2) is 35.6 Å². The van der Waals surface area contributed by atoms with Crippen molar-refractivity contribution >= 4 is 5.97 Å². The van der Waals surface area contributed by atoms with E-state index in [0.717, 1.165) is 0 Å². The fourth-order valence-electron chi connectivity index (χ4n) is 2.17. The van der Waals surface area contributed by atoms with Crippen LogP contribution in [0.25, 0.3) is 0 Å². The topological polar surface area (TPSA) is 40.5 Å². The summed E-state index contributed by atoms with van der Waals surface area (Å²) in [6.07, 6.45) is 5.05. The van der Waals surface area contributed by atoms with E-state index in [2.05, 4.69) is 4.90 Å². The monoisotopic (exact) mass is 199 g/mol. The molecule has 1 N–H and O–H groups in total. The SMILES string of the molecule is CN(CC(C)(C)C(=O)O)C1CCCC1. The largest absolute Gasteiger partial charge is 0.481 e. The third-order valence-corrected chi connectivity index (χ3v) is 3.17. The molecule has 1 aliphatic carbocycles. The van der Waals surface area contributed by atoms with Crippen molar-refractivity contribution in [2.24, 2.45) is 5.41 Å². The van der Waals surface area contributed by atoms with Crippen LogP contribution >= 0.6 is 0 Å². The van der Waals surface area contributed by atoms with Crippen molar-refractivity contribution < 1.29 is 9.90 Å². The number of rotatable bonds is 4. The van der Waals surface area contributed by atoms with Crippen LogP contribution in [0.4, 0.5) is 0 Å². The quantitative estimate of drug-likeness (QED) is 0.752. The van der Waals surface area contributed by atoms with Crippen LogP contribution in [0.2, 0.25) is 0 Å². The van der Waals surface area contributed by atoms with E-state index >= 15 is 0 Å². The Bertz CT molecular complexity index is 207. The van der Waals surface area contributed by atoms with Crippen molar-refractivity contribution in [1.82, 2.24) is 4.90 Å². The molecule has 1 aliphatic rings. The minimum Gasteiger partial charge on any atom is -0.481 e. The van der Waals surface area contributed by atoms with Crippen LogP contribution in [0.5, 0.6) is 0 Å². The fraction of sp³-hybridized carbons (Fsp3) is 0.909. The summed E-state index contributed by atoms with van der Waals surface area (Å²) in [5, 5.41) is 9.01. The standard InChI is InChI=1S/C11H21NO2/c1-11(2,10(13)14)8-12(3)9-6-4-5-7-9/h9H,4-8H2,1-3H3,(H,13,14). The summed E-state index contributed by atoms with van der Waals surface area (Å²) in [7, 11) is 2.04. The summed E-state index contributed by atoms with van der Waals surface area (Å²) in [6, 6.07) is 0.605. The van der Waals surface area contributed by atoms with Crippen LogP contribution in [0, 0.1) is 5.41 Å². The van der Waals surface area contributed by atoms with Crippen molar-refractivity contribution in [3.63, 3.8) is 0 Å². The van der Waals surface area contributed by atoms with Gasteiger partial charge in [-0.1, -0.05) is 12.8 Å². The van der Waals surface area contributed by atoms with Gasteiger partial charge in [0.15, 0.2) is 0 Å². The Morgan fingerprint density at radius 3 is 2.36 bits per heavy atom. The lowest BCUT2D eigenvalue weighted by Crippen LogP contribution is -2.41. The Labute approximate surface area is 86.1 Å². The van der Waals surface area contributed by atoms with Crippen LogP contribution in [0.15, 0.2) is 0 Å². The molecule has 82 valence electrons. The molecular formula is C11H21NO2. The van der Waals surface area contributed by atoms with Gasteiger partial charge in [0.05, 0.1) is 5.41 Å². The van der Waals surface area contributed by atoms with Crippen LogP contribution in [0.1, 0.15) is 39.5 Å². The van der Waals surface area contributed by atoms with Gasteiger partial charge in [0.1, 0.15) is 0 Å². The zero-order chi connectivity index (χ0) is 10.8. The van der Waals surface area contributed by atoms with Crippen molar-refractivity contribution in [2.45, 2.75) is 45.6 Å². The molecule has 0 bridgehead atoms. The van der Waals surface area contributed by atoms with E-state index in [9.17, 15) is 4.79 Å². The van der Waals surface area contributed by atoms with Gasteiger partial charge in [-0.25, -0.2) is 0 Å². The van der Waals surface area contributed by atoms with E-state index in [1.54, 1.807) is 13.8 Å². The molecule has 0 aromatic carbocycles. The Hall–Kier alpha value is -0.570. The first-order valence-electron chi connectivity index (χ1n) is 5.37. The second kappa shape index (κ2) is 4.30. The van der Waals surface area contributed by atoms with Crippen molar-refractivity contribution in [3.05, 3.63) is 0 Å². The maximum Gasteiger partial charge on any atom is 0.310 e. The van der Waals surface area contributed by atoms with E-state index in [-0.39, 0.29) is 0 Å². The van der Waals surface area contributed by atoms with Crippen molar-refractivity contribution in [1.29, 1.82) is 0 Å². The molecule has 1 rings (SSSR count). The van der Waals surface area contributed by atoms with Gasteiger partial charge in [-0.05, 0) is 33.7 Å². The molecular weight excluding hydrogens is 178 g/mol. The van der Waals surface area contributed by atoms with Gasteiger partial charge in [0.2, 0.25) is 0 Å². The molecule has 3 nitrogen and oxygen atoms in total. The predicted octanol–water partition coefficient (Wildman–Crippen LogP) is 1.97. The maximum atomic E-state index is 10.9. The Balaban J connectivity index is 2.46. The van der Waals surface area contributed by atoms with E-state index in [1.165, 1.54) is 25.7 Å². The van der Waals surface area contributed by atoms with Crippen molar-refractivity contribution in [3.8, 4) is 0 Å². The van der Waals surface area contributed by atoms with Crippen molar-refractivity contribution in [2.75, 3.05) is 13.6 Å². The summed E-state index contributed by atoms with van der Waals surface area (Å²) in [4.78, 5) is 13.2. The van der Waals surface area contributed by atoms with Gasteiger partial charge in [-0.3, -0.25) is 4.79 Å². The molecule has 0 spiro atoms. The number of carboxylic acid groups (broad SMARTS) is 1. The summed E-state index contributed by atoms with van der Waals surface area (Å²) in [5.74, 6) is -0.706. The molecule has 0 radical (unpaired) electrons. The number of hydrogen-bond donors (Lipinski definition) is 1. The van der Waals surface area contributed by atoms with Gasteiger partial charge < -0.3 is 10.0 Å². The van der Waals surface area contributed by atoms with Gasteiger partial charge in [-0.15, -0.1) is 0 Å². The molecule has 14 heavy (non-hydrogen) atoms. The van der Waals surface area contributed by atoms with E-state index in [0.29, 0.717) is 12.6 Å². The number of carboxylic acids is 1. The van der Waals surface area contributed by atoms with E-state index in [1.807, 2.05) is 7.05 Å². The molecule has 0 unspecified atom stereocenters. The van der Waals surface area contributed by atoms with E-state index < -0.39 is 11.4 Å². The Morgan fingerprint density at radius 2 is 1.93 bits per heavy atom. The molecule has 0 amide bonds. The third-order valence-electron chi connectivity index (χ3n) is 3.17. The number of aliphatic carboxylic acids is 1. The van der Waals surface area contributed by atoms with Gasteiger partial charge in [-0.2, -0.15) is 0 Å². The maximum absolute atomic E-state index is 10.9. The van der Waals surface area contributed by atoms with Crippen LogP contribution in [0.3, 0.4) is 0 Å². The molecule has 1 fully saturated rings. The lowest BCUT2D eigenvalue weighted by Gasteiger charge is -2.30. The number of carbonyl (C=O) groups is 1. The first-order chi connectivity index (χ1) is 6.43. The molecule has 0 atom stereocenters. The van der Waals surface area contributed by atoms with Gasteiger partial charge >= 0.3 is 5.97 Å². The third kappa shape index (κ3) is 2.71. The highest BCUT2D eigenvalue weighted by molar-refractivity contribution is 5.73.